The van der Waals surface area contributed by atoms with E-state index in [0.717, 1.165) is 28.8 Å². The number of benzene rings is 1. The molecule has 1 heterocycles. The molecule has 2 aromatic rings. The average Bonchev–Trinajstić information content (AvgIpc) is 2.46. The van der Waals surface area contributed by atoms with E-state index in [9.17, 15) is 0 Å². The third kappa shape index (κ3) is 4.61. The molecule has 1 aromatic carbocycles. The van der Waals surface area contributed by atoms with Gasteiger partial charge in [-0.05, 0) is 30.3 Å². The number of aromatic nitrogens is 2. The number of hydrogen-bond acceptors (Lipinski definition) is 4. The Balaban J connectivity index is 1.87. The summed E-state index contributed by atoms with van der Waals surface area (Å²) in [6.07, 6.45) is 0. The average molecular weight is 322 g/mol. The lowest BCUT2D eigenvalue weighted by molar-refractivity contribution is 0.289. The van der Waals surface area contributed by atoms with Crippen LogP contribution >= 0.6 is 15.9 Å². The van der Waals surface area contributed by atoms with Crippen molar-refractivity contribution < 1.29 is 4.74 Å². The van der Waals surface area contributed by atoms with E-state index in [1.54, 1.807) is 0 Å². The largest absolute Gasteiger partial charge is 0.472 e. The summed E-state index contributed by atoms with van der Waals surface area (Å²) in [5.41, 5.74) is 2.01. The molecule has 5 heteroatoms. The molecule has 0 aliphatic carbocycles. The van der Waals surface area contributed by atoms with Gasteiger partial charge in [0.25, 0.3) is 0 Å². The minimum absolute atomic E-state index is 0.495. The zero-order valence-corrected chi connectivity index (χ0v) is 12.4. The highest BCUT2D eigenvalue weighted by atomic mass is 79.9. The number of nitrogens with zero attached hydrogens (tertiary/aromatic N) is 2. The van der Waals surface area contributed by atoms with Crippen LogP contribution in [-0.2, 0) is 13.2 Å². The molecular weight excluding hydrogens is 306 g/mol. The SMILES string of the molecule is CCNCc1ccc(OCc2ccc(Br)cc2)nn1. The van der Waals surface area contributed by atoms with Crippen molar-refractivity contribution in [2.75, 3.05) is 6.54 Å². The van der Waals surface area contributed by atoms with Gasteiger partial charge >= 0.3 is 0 Å². The number of halogens is 1. The van der Waals surface area contributed by atoms with Gasteiger partial charge in [-0.1, -0.05) is 35.0 Å². The molecule has 0 saturated carbocycles. The molecule has 0 atom stereocenters. The highest BCUT2D eigenvalue weighted by molar-refractivity contribution is 9.10. The van der Waals surface area contributed by atoms with Gasteiger partial charge in [0.15, 0.2) is 0 Å². The maximum absolute atomic E-state index is 5.58. The van der Waals surface area contributed by atoms with Gasteiger partial charge in [0.1, 0.15) is 6.61 Å². The smallest absolute Gasteiger partial charge is 0.233 e. The van der Waals surface area contributed by atoms with E-state index >= 15 is 0 Å². The first-order valence-corrected chi connectivity index (χ1v) is 6.98. The zero-order chi connectivity index (χ0) is 13.5. The molecule has 19 heavy (non-hydrogen) atoms. The Labute approximate surface area is 121 Å². The molecular formula is C14H16BrN3O. The number of hydrogen-bond donors (Lipinski definition) is 1. The van der Waals surface area contributed by atoms with Crippen LogP contribution in [0.3, 0.4) is 0 Å². The molecule has 0 bridgehead atoms. The molecule has 0 aliphatic heterocycles. The lowest BCUT2D eigenvalue weighted by Crippen LogP contribution is -2.13. The summed E-state index contributed by atoms with van der Waals surface area (Å²) in [4.78, 5) is 0. The van der Waals surface area contributed by atoms with Crippen LogP contribution in [0.1, 0.15) is 18.2 Å². The van der Waals surface area contributed by atoms with Crippen molar-refractivity contribution in [3.8, 4) is 5.88 Å². The Hall–Kier alpha value is -1.46. The van der Waals surface area contributed by atoms with Crippen molar-refractivity contribution in [1.82, 2.24) is 15.5 Å². The molecule has 2 rings (SSSR count). The van der Waals surface area contributed by atoms with Gasteiger partial charge in [0.05, 0.1) is 5.69 Å². The second kappa shape index (κ2) is 7.21. The second-order valence-electron chi connectivity index (χ2n) is 4.06. The van der Waals surface area contributed by atoms with Crippen molar-refractivity contribution in [3.63, 3.8) is 0 Å². The summed E-state index contributed by atoms with van der Waals surface area (Å²) >= 11 is 3.40. The van der Waals surface area contributed by atoms with Gasteiger partial charge in [-0.2, -0.15) is 5.10 Å². The van der Waals surface area contributed by atoms with Gasteiger partial charge in [-0.15, -0.1) is 5.10 Å². The lowest BCUT2D eigenvalue weighted by atomic mass is 10.2. The van der Waals surface area contributed by atoms with E-state index in [0.29, 0.717) is 12.5 Å². The van der Waals surface area contributed by atoms with Gasteiger partial charge in [0, 0.05) is 17.1 Å². The molecule has 0 spiro atoms. The summed E-state index contributed by atoms with van der Waals surface area (Å²) in [7, 11) is 0. The molecule has 0 unspecified atom stereocenters. The molecule has 0 radical (unpaired) electrons. The van der Waals surface area contributed by atoms with Crippen molar-refractivity contribution in [3.05, 3.63) is 52.1 Å². The van der Waals surface area contributed by atoms with Crippen LogP contribution in [-0.4, -0.2) is 16.7 Å². The monoisotopic (exact) mass is 321 g/mol. The first kappa shape index (κ1) is 14.0. The molecule has 0 fully saturated rings. The van der Waals surface area contributed by atoms with Crippen molar-refractivity contribution in [1.29, 1.82) is 0 Å². The van der Waals surface area contributed by atoms with Crippen LogP contribution in [0.15, 0.2) is 40.9 Å². The quantitative estimate of drug-likeness (QED) is 0.888. The Morgan fingerprint density at radius 3 is 2.53 bits per heavy atom. The van der Waals surface area contributed by atoms with E-state index in [1.165, 1.54) is 0 Å². The number of rotatable bonds is 6. The van der Waals surface area contributed by atoms with E-state index in [-0.39, 0.29) is 0 Å². The first-order chi connectivity index (χ1) is 9.28. The highest BCUT2D eigenvalue weighted by Crippen LogP contribution is 2.13. The van der Waals surface area contributed by atoms with Crippen LogP contribution in [0.2, 0.25) is 0 Å². The van der Waals surface area contributed by atoms with E-state index < -0.39 is 0 Å². The Morgan fingerprint density at radius 1 is 1.11 bits per heavy atom. The molecule has 4 nitrogen and oxygen atoms in total. The van der Waals surface area contributed by atoms with Crippen LogP contribution in [0.5, 0.6) is 5.88 Å². The molecule has 0 amide bonds. The van der Waals surface area contributed by atoms with E-state index in [4.69, 9.17) is 4.74 Å². The number of ether oxygens (including phenoxy) is 1. The fourth-order valence-corrected chi connectivity index (χ4v) is 1.77. The highest BCUT2D eigenvalue weighted by Gasteiger charge is 1.99. The predicted molar refractivity (Wildman–Crippen MR) is 77.9 cm³/mol. The van der Waals surface area contributed by atoms with Crippen molar-refractivity contribution in [2.45, 2.75) is 20.1 Å². The van der Waals surface area contributed by atoms with Crippen LogP contribution in [0.4, 0.5) is 0 Å². The van der Waals surface area contributed by atoms with Gasteiger partial charge in [0.2, 0.25) is 5.88 Å². The lowest BCUT2D eigenvalue weighted by Gasteiger charge is -2.06. The van der Waals surface area contributed by atoms with Crippen LogP contribution < -0.4 is 10.1 Å². The van der Waals surface area contributed by atoms with Crippen molar-refractivity contribution >= 4 is 15.9 Å². The standard InChI is InChI=1S/C14H16BrN3O/c1-2-16-9-13-7-8-14(18-17-13)19-10-11-3-5-12(15)6-4-11/h3-8,16H,2,9-10H2,1H3. The topological polar surface area (TPSA) is 47.0 Å². The minimum atomic E-state index is 0.495. The third-order valence-electron chi connectivity index (χ3n) is 2.55. The molecule has 1 aromatic heterocycles. The fraction of sp³-hybridized carbons (Fsp3) is 0.286. The fourth-order valence-electron chi connectivity index (χ4n) is 1.51. The maximum Gasteiger partial charge on any atom is 0.233 e. The summed E-state index contributed by atoms with van der Waals surface area (Å²) in [6, 6.07) is 11.8. The summed E-state index contributed by atoms with van der Waals surface area (Å²) in [5, 5.41) is 11.3. The summed E-state index contributed by atoms with van der Waals surface area (Å²) in [5.74, 6) is 0.545. The summed E-state index contributed by atoms with van der Waals surface area (Å²) in [6.45, 7) is 4.21. The Morgan fingerprint density at radius 2 is 1.89 bits per heavy atom. The Bertz CT molecular complexity index is 499. The number of nitrogens with one attached hydrogen (secondary N) is 1. The minimum Gasteiger partial charge on any atom is -0.472 e. The maximum atomic E-state index is 5.58. The normalized spacial score (nSPS) is 10.4. The Kier molecular flexibility index (Phi) is 5.30. The summed E-state index contributed by atoms with van der Waals surface area (Å²) < 4.78 is 6.64. The molecule has 0 aliphatic rings. The van der Waals surface area contributed by atoms with E-state index in [2.05, 4.69) is 38.4 Å². The molecule has 100 valence electrons. The molecule has 1 N–H and O–H groups in total. The van der Waals surface area contributed by atoms with Gasteiger partial charge < -0.3 is 10.1 Å². The molecule has 0 saturated heterocycles. The third-order valence-corrected chi connectivity index (χ3v) is 3.08. The van der Waals surface area contributed by atoms with E-state index in [1.807, 2.05) is 36.4 Å². The van der Waals surface area contributed by atoms with Crippen molar-refractivity contribution in [2.24, 2.45) is 0 Å². The first-order valence-electron chi connectivity index (χ1n) is 6.18. The zero-order valence-electron chi connectivity index (χ0n) is 10.8. The van der Waals surface area contributed by atoms with Gasteiger partial charge in [-0.25, -0.2) is 0 Å². The second-order valence-corrected chi connectivity index (χ2v) is 4.97. The van der Waals surface area contributed by atoms with Crippen LogP contribution in [0, 0.1) is 0 Å². The van der Waals surface area contributed by atoms with Crippen LogP contribution in [0.25, 0.3) is 0 Å². The van der Waals surface area contributed by atoms with Gasteiger partial charge in [-0.3, -0.25) is 0 Å². The predicted octanol–water partition coefficient (Wildman–Crippen LogP) is 2.93.